The van der Waals surface area contributed by atoms with Gasteiger partial charge in [-0.2, -0.15) is 0 Å². The van der Waals surface area contributed by atoms with E-state index in [0.29, 0.717) is 17.6 Å². The zero-order valence-electron chi connectivity index (χ0n) is 11.7. The third-order valence-corrected chi connectivity index (χ3v) is 4.63. The minimum absolute atomic E-state index is 0.256. The molecule has 0 saturated heterocycles. The maximum atomic E-state index is 10.2. The van der Waals surface area contributed by atoms with Crippen LogP contribution in [0.5, 0.6) is 0 Å². The summed E-state index contributed by atoms with van der Waals surface area (Å²) >= 11 is 0. The second kappa shape index (κ2) is 4.51. The average Bonchev–Trinajstić information content (AvgIpc) is 2.80. The number of rotatable bonds is 2. The molecule has 2 fully saturated rings. The Morgan fingerprint density at radius 2 is 1.76 bits per heavy atom. The Morgan fingerprint density at radius 3 is 2.29 bits per heavy atom. The third-order valence-electron chi connectivity index (χ3n) is 4.63. The van der Waals surface area contributed by atoms with E-state index in [1.54, 1.807) is 5.57 Å². The summed E-state index contributed by atoms with van der Waals surface area (Å²) in [6.45, 7) is 8.58. The largest absolute Gasteiger partial charge is 0.512 e. The summed E-state index contributed by atoms with van der Waals surface area (Å²) in [5.41, 5.74) is 2.97. The van der Waals surface area contributed by atoms with E-state index in [4.69, 9.17) is 0 Å². The first kappa shape index (κ1) is 12.7. The van der Waals surface area contributed by atoms with E-state index in [2.05, 4.69) is 19.9 Å². The van der Waals surface area contributed by atoms with E-state index in [9.17, 15) is 5.11 Å². The van der Waals surface area contributed by atoms with Crippen molar-refractivity contribution in [2.24, 2.45) is 17.3 Å². The average molecular weight is 234 g/mol. The summed E-state index contributed by atoms with van der Waals surface area (Å²) in [5.74, 6) is 1.56. The summed E-state index contributed by atoms with van der Waals surface area (Å²) in [5, 5.41) is 10.2. The lowest BCUT2D eigenvalue weighted by Gasteiger charge is -2.13. The number of aliphatic hydroxyl groups is 1. The smallest absolute Gasteiger partial charge is 0.0951 e. The predicted molar refractivity (Wildman–Crippen MR) is 72.9 cm³/mol. The Bertz CT molecular complexity index is 348. The molecule has 0 aromatic rings. The lowest BCUT2D eigenvalue weighted by atomic mass is 9.93. The lowest BCUT2D eigenvalue weighted by molar-refractivity contribution is 0.350. The molecule has 17 heavy (non-hydrogen) atoms. The zero-order valence-corrected chi connectivity index (χ0v) is 11.7. The first-order chi connectivity index (χ1) is 7.94. The van der Waals surface area contributed by atoms with Crippen LogP contribution in [0, 0.1) is 17.3 Å². The Hall–Kier alpha value is -0.720. The molecule has 1 nitrogen and oxygen atoms in total. The fourth-order valence-corrected chi connectivity index (χ4v) is 3.25. The molecule has 0 aliphatic heterocycles. The van der Waals surface area contributed by atoms with Gasteiger partial charge < -0.3 is 5.11 Å². The van der Waals surface area contributed by atoms with Crippen molar-refractivity contribution in [2.75, 3.05) is 0 Å². The maximum Gasteiger partial charge on any atom is 0.0951 e. The molecule has 2 saturated carbocycles. The van der Waals surface area contributed by atoms with Gasteiger partial charge in [0.15, 0.2) is 0 Å². The lowest BCUT2D eigenvalue weighted by Crippen LogP contribution is -1.95. The SMILES string of the molecule is CC(C)=C(O)[C@H]1[C@H](C=C2CCCCC2)C1(C)C. The van der Waals surface area contributed by atoms with Gasteiger partial charge in [-0.3, -0.25) is 0 Å². The molecule has 0 heterocycles. The predicted octanol–water partition coefficient (Wildman–Crippen LogP) is 5.00. The Balaban J connectivity index is 2.10. The van der Waals surface area contributed by atoms with Gasteiger partial charge in [-0.05, 0) is 56.4 Å². The zero-order chi connectivity index (χ0) is 12.6. The summed E-state index contributed by atoms with van der Waals surface area (Å²) in [6, 6.07) is 0. The number of hydrogen-bond acceptors (Lipinski definition) is 1. The Morgan fingerprint density at radius 1 is 1.18 bits per heavy atom. The molecule has 2 rings (SSSR count). The molecule has 0 radical (unpaired) electrons. The summed E-state index contributed by atoms with van der Waals surface area (Å²) in [4.78, 5) is 0. The molecule has 0 spiro atoms. The van der Waals surface area contributed by atoms with Crippen LogP contribution in [-0.4, -0.2) is 5.11 Å². The van der Waals surface area contributed by atoms with Crippen molar-refractivity contribution in [2.45, 2.75) is 59.8 Å². The van der Waals surface area contributed by atoms with Gasteiger partial charge in [0.25, 0.3) is 0 Å². The monoisotopic (exact) mass is 234 g/mol. The summed E-state index contributed by atoms with van der Waals surface area (Å²) in [6.07, 6.45) is 9.16. The van der Waals surface area contributed by atoms with Crippen molar-refractivity contribution < 1.29 is 5.11 Å². The van der Waals surface area contributed by atoms with Crippen LogP contribution in [0.4, 0.5) is 0 Å². The second-order valence-corrected chi connectivity index (χ2v) is 6.60. The van der Waals surface area contributed by atoms with Crippen LogP contribution in [0.15, 0.2) is 23.0 Å². The van der Waals surface area contributed by atoms with Gasteiger partial charge in [0, 0.05) is 5.92 Å². The van der Waals surface area contributed by atoms with Gasteiger partial charge in [0.2, 0.25) is 0 Å². The van der Waals surface area contributed by atoms with Crippen LogP contribution in [0.3, 0.4) is 0 Å². The molecule has 2 aliphatic carbocycles. The van der Waals surface area contributed by atoms with Crippen molar-refractivity contribution in [3.8, 4) is 0 Å². The molecule has 1 N–H and O–H groups in total. The highest BCUT2D eigenvalue weighted by Crippen LogP contribution is 2.62. The van der Waals surface area contributed by atoms with Gasteiger partial charge in [-0.1, -0.05) is 31.9 Å². The quantitative estimate of drug-likeness (QED) is 0.526. The van der Waals surface area contributed by atoms with E-state index in [0.717, 1.165) is 5.57 Å². The molecule has 0 amide bonds. The normalized spacial score (nSPS) is 30.9. The molecule has 96 valence electrons. The number of hydrogen-bond donors (Lipinski definition) is 1. The van der Waals surface area contributed by atoms with Gasteiger partial charge in [-0.25, -0.2) is 0 Å². The molecule has 2 atom stereocenters. The Labute approximate surface area is 106 Å². The van der Waals surface area contributed by atoms with Gasteiger partial charge in [-0.15, -0.1) is 0 Å². The van der Waals surface area contributed by atoms with E-state index in [1.807, 2.05) is 13.8 Å². The molecule has 1 heteroatoms. The standard InChI is InChI=1S/C16H26O/c1-11(2)15(17)14-13(16(14,3)4)10-12-8-6-5-7-9-12/h10,13-14,17H,5-9H2,1-4H3/t13-,14+/m0/s1. The first-order valence-electron chi connectivity index (χ1n) is 7.00. The van der Waals surface area contributed by atoms with Crippen molar-refractivity contribution in [1.29, 1.82) is 0 Å². The van der Waals surface area contributed by atoms with E-state index in [-0.39, 0.29) is 5.41 Å². The van der Waals surface area contributed by atoms with E-state index in [1.165, 1.54) is 32.1 Å². The molecule has 0 unspecified atom stereocenters. The summed E-state index contributed by atoms with van der Waals surface area (Å²) < 4.78 is 0. The molecular formula is C16H26O. The minimum Gasteiger partial charge on any atom is -0.512 e. The number of aliphatic hydroxyl groups excluding tert-OH is 1. The topological polar surface area (TPSA) is 20.2 Å². The van der Waals surface area contributed by atoms with Crippen LogP contribution in [0.1, 0.15) is 59.8 Å². The van der Waals surface area contributed by atoms with E-state index < -0.39 is 0 Å². The van der Waals surface area contributed by atoms with Crippen molar-refractivity contribution in [3.63, 3.8) is 0 Å². The third kappa shape index (κ3) is 2.43. The fourth-order valence-electron chi connectivity index (χ4n) is 3.25. The maximum absolute atomic E-state index is 10.2. The van der Waals surface area contributed by atoms with Crippen molar-refractivity contribution >= 4 is 0 Å². The van der Waals surface area contributed by atoms with Crippen molar-refractivity contribution in [1.82, 2.24) is 0 Å². The van der Waals surface area contributed by atoms with Gasteiger partial charge in [0.05, 0.1) is 5.76 Å². The van der Waals surface area contributed by atoms with Crippen LogP contribution in [0.2, 0.25) is 0 Å². The minimum atomic E-state index is 0.256. The Kier molecular flexibility index (Phi) is 3.38. The van der Waals surface area contributed by atoms with Gasteiger partial charge >= 0.3 is 0 Å². The van der Waals surface area contributed by atoms with Crippen molar-refractivity contribution in [3.05, 3.63) is 23.0 Å². The van der Waals surface area contributed by atoms with Crippen LogP contribution >= 0.6 is 0 Å². The molecular weight excluding hydrogens is 208 g/mol. The van der Waals surface area contributed by atoms with Crippen LogP contribution < -0.4 is 0 Å². The second-order valence-electron chi connectivity index (χ2n) is 6.60. The molecule has 2 aliphatic rings. The van der Waals surface area contributed by atoms with E-state index >= 15 is 0 Å². The first-order valence-corrected chi connectivity index (χ1v) is 7.00. The van der Waals surface area contributed by atoms with Gasteiger partial charge in [0.1, 0.15) is 0 Å². The molecule has 0 aromatic carbocycles. The number of allylic oxidation sites excluding steroid dienone is 4. The summed E-state index contributed by atoms with van der Waals surface area (Å²) in [7, 11) is 0. The van der Waals surface area contributed by atoms with Crippen LogP contribution in [-0.2, 0) is 0 Å². The highest BCUT2D eigenvalue weighted by molar-refractivity contribution is 5.28. The highest BCUT2D eigenvalue weighted by Gasteiger charge is 2.58. The van der Waals surface area contributed by atoms with Crippen LogP contribution in [0.25, 0.3) is 0 Å². The molecule has 0 bridgehead atoms. The fraction of sp³-hybridized carbons (Fsp3) is 0.750. The highest BCUT2D eigenvalue weighted by atomic mass is 16.3. The molecule has 0 aromatic heterocycles.